The van der Waals surface area contributed by atoms with Gasteiger partial charge in [0.25, 0.3) is 0 Å². The van der Waals surface area contributed by atoms with Crippen LogP contribution in [0.25, 0.3) is 0 Å². The van der Waals surface area contributed by atoms with Gasteiger partial charge in [-0.25, -0.2) is 0 Å². The molecule has 0 spiro atoms. The number of nitrogens with zero attached hydrogens (tertiary/aromatic N) is 1. The minimum atomic E-state index is -1.15. The van der Waals surface area contributed by atoms with E-state index in [0.717, 1.165) is 16.9 Å². The van der Waals surface area contributed by atoms with Crippen molar-refractivity contribution in [2.75, 3.05) is 12.4 Å². The molecule has 4 heteroatoms. The first kappa shape index (κ1) is 17.5. The van der Waals surface area contributed by atoms with Crippen LogP contribution in [-0.4, -0.2) is 13.0 Å². The molecule has 0 heterocycles. The van der Waals surface area contributed by atoms with E-state index < -0.39 is 5.41 Å². The van der Waals surface area contributed by atoms with E-state index in [1.165, 1.54) is 11.1 Å². The van der Waals surface area contributed by atoms with Crippen molar-refractivity contribution in [2.45, 2.75) is 18.3 Å². The normalized spacial score (nSPS) is 23.4. The van der Waals surface area contributed by atoms with Gasteiger partial charge >= 0.3 is 0 Å². The highest BCUT2D eigenvalue weighted by Gasteiger charge is 2.57. The molecule has 1 N–H and O–H groups in total. The second-order valence-corrected chi connectivity index (χ2v) is 7.71. The highest BCUT2D eigenvalue weighted by Crippen LogP contribution is 2.61. The Kier molecular flexibility index (Phi) is 3.92. The molecule has 3 aromatic rings. The van der Waals surface area contributed by atoms with E-state index in [9.17, 15) is 10.1 Å². The molecule has 2 bridgehead atoms. The van der Waals surface area contributed by atoms with Crippen LogP contribution >= 0.6 is 0 Å². The minimum absolute atomic E-state index is 0.0497. The molecule has 0 fully saturated rings. The Morgan fingerprint density at radius 1 is 0.966 bits per heavy atom. The predicted octanol–water partition coefficient (Wildman–Crippen LogP) is 4.82. The van der Waals surface area contributed by atoms with Gasteiger partial charge in [-0.3, -0.25) is 4.79 Å². The zero-order valence-corrected chi connectivity index (χ0v) is 16.1. The second-order valence-electron chi connectivity index (χ2n) is 7.71. The first-order valence-corrected chi connectivity index (χ1v) is 9.72. The SMILES string of the molecule is COc1ccc(NC(=O)C2(C#N)CC3c4ccccc4C2c2ccccc23)cc1. The van der Waals surface area contributed by atoms with E-state index >= 15 is 0 Å². The van der Waals surface area contributed by atoms with Crippen molar-refractivity contribution >= 4 is 11.6 Å². The van der Waals surface area contributed by atoms with Crippen LogP contribution in [0.5, 0.6) is 5.75 Å². The van der Waals surface area contributed by atoms with E-state index in [-0.39, 0.29) is 17.7 Å². The fraction of sp³-hybridized carbons (Fsp3) is 0.200. The number of ether oxygens (including phenoxy) is 1. The lowest BCUT2D eigenvalue weighted by molar-refractivity contribution is -0.124. The van der Waals surface area contributed by atoms with Crippen LogP contribution < -0.4 is 10.1 Å². The number of anilines is 1. The molecule has 1 atom stereocenters. The van der Waals surface area contributed by atoms with E-state index in [0.29, 0.717) is 12.1 Å². The minimum Gasteiger partial charge on any atom is -0.497 e. The van der Waals surface area contributed by atoms with Crippen LogP contribution in [0.2, 0.25) is 0 Å². The average Bonchev–Trinajstić information content (AvgIpc) is 2.79. The summed E-state index contributed by atoms with van der Waals surface area (Å²) < 4.78 is 5.18. The van der Waals surface area contributed by atoms with Crippen molar-refractivity contribution in [1.29, 1.82) is 5.26 Å². The lowest BCUT2D eigenvalue weighted by atomic mass is 9.52. The van der Waals surface area contributed by atoms with Gasteiger partial charge in [-0.2, -0.15) is 5.26 Å². The van der Waals surface area contributed by atoms with E-state index in [2.05, 4.69) is 35.7 Å². The lowest BCUT2D eigenvalue weighted by Crippen LogP contribution is -2.48. The molecular formula is C25H20N2O2. The molecule has 3 aromatic carbocycles. The van der Waals surface area contributed by atoms with Crippen LogP contribution in [0.15, 0.2) is 72.8 Å². The number of nitriles is 1. The predicted molar refractivity (Wildman–Crippen MR) is 111 cm³/mol. The number of benzene rings is 3. The Hall–Kier alpha value is -3.58. The van der Waals surface area contributed by atoms with Crippen molar-refractivity contribution in [3.63, 3.8) is 0 Å². The standard InChI is InChI=1S/C25H20N2O2/c1-29-17-12-10-16(11-13-17)27-24(28)25(15-26)14-22-18-6-2-4-8-20(18)23(25)21-9-5-3-7-19(21)22/h2-13,22-23H,14H2,1H3,(H,27,28). The van der Waals surface area contributed by atoms with Gasteiger partial charge in [0.05, 0.1) is 13.2 Å². The number of carbonyl (C=O) groups excluding carboxylic acids is 1. The van der Waals surface area contributed by atoms with Crippen molar-refractivity contribution < 1.29 is 9.53 Å². The van der Waals surface area contributed by atoms with E-state index in [4.69, 9.17) is 4.74 Å². The van der Waals surface area contributed by atoms with Gasteiger partial charge in [0, 0.05) is 17.5 Å². The first-order chi connectivity index (χ1) is 14.2. The second kappa shape index (κ2) is 6.49. The Balaban J connectivity index is 1.60. The van der Waals surface area contributed by atoms with Gasteiger partial charge in [-0.1, -0.05) is 48.5 Å². The van der Waals surface area contributed by atoms with Crippen LogP contribution in [0.3, 0.4) is 0 Å². The number of carbonyl (C=O) groups is 1. The Bertz CT molecular complexity index is 1100. The molecule has 0 aliphatic heterocycles. The molecule has 0 saturated heterocycles. The number of hydrogen-bond donors (Lipinski definition) is 1. The fourth-order valence-electron chi connectivity index (χ4n) is 5.01. The van der Waals surface area contributed by atoms with Gasteiger partial charge in [-0.05, 0) is 52.9 Å². The Morgan fingerprint density at radius 3 is 2.03 bits per heavy atom. The van der Waals surface area contributed by atoms with Crippen LogP contribution in [0, 0.1) is 16.7 Å². The molecular weight excluding hydrogens is 360 g/mol. The summed E-state index contributed by atoms with van der Waals surface area (Å²) in [4.78, 5) is 13.5. The van der Waals surface area contributed by atoms with Crippen LogP contribution in [-0.2, 0) is 4.79 Å². The summed E-state index contributed by atoms with van der Waals surface area (Å²) in [5, 5.41) is 13.3. The monoisotopic (exact) mass is 380 g/mol. The Morgan fingerprint density at radius 2 is 1.52 bits per heavy atom. The van der Waals surface area contributed by atoms with Crippen molar-refractivity contribution in [3.8, 4) is 11.8 Å². The number of fused-ring (bicyclic) bond motifs is 1. The van der Waals surface area contributed by atoms with Gasteiger partial charge in [0.1, 0.15) is 11.2 Å². The highest BCUT2D eigenvalue weighted by molar-refractivity contribution is 5.99. The average molecular weight is 380 g/mol. The number of methoxy groups -OCH3 is 1. The first-order valence-electron chi connectivity index (χ1n) is 9.72. The third-order valence-electron chi connectivity index (χ3n) is 6.34. The summed E-state index contributed by atoms with van der Waals surface area (Å²) in [5.74, 6) is 0.249. The largest absolute Gasteiger partial charge is 0.497 e. The number of rotatable bonds is 3. The zero-order chi connectivity index (χ0) is 20.0. The third kappa shape index (κ3) is 2.48. The van der Waals surface area contributed by atoms with Gasteiger partial charge in [0.15, 0.2) is 0 Å². The summed E-state index contributed by atoms with van der Waals surface area (Å²) in [7, 11) is 1.60. The molecule has 1 amide bonds. The van der Waals surface area contributed by atoms with Crippen molar-refractivity contribution in [1.82, 2.24) is 0 Å². The molecule has 3 aliphatic carbocycles. The summed E-state index contributed by atoms with van der Waals surface area (Å²) in [5.41, 5.74) is 4.17. The molecule has 0 radical (unpaired) electrons. The topological polar surface area (TPSA) is 62.1 Å². The molecule has 1 unspecified atom stereocenters. The van der Waals surface area contributed by atoms with E-state index in [1.807, 2.05) is 24.3 Å². The van der Waals surface area contributed by atoms with Gasteiger partial charge < -0.3 is 10.1 Å². The molecule has 0 aromatic heterocycles. The molecule has 142 valence electrons. The summed E-state index contributed by atoms with van der Waals surface area (Å²) in [6.45, 7) is 0. The molecule has 3 aliphatic rings. The molecule has 29 heavy (non-hydrogen) atoms. The quantitative estimate of drug-likeness (QED) is 0.708. The number of nitrogens with one attached hydrogen (secondary N) is 1. The third-order valence-corrected chi connectivity index (χ3v) is 6.34. The smallest absolute Gasteiger partial charge is 0.245 e. The molecule has 0 saturated carbocycles. The maximum Gasteiger partial charge on any atom is 0.245 e. The van der Waals surface area contributed by atoms with Gasteiger partial charge in [-0.15, -0.1) is 0 Å². The van der Waals surface area contributed by atoms with Crippen molar-refractivity contribution in [3.05, 3.63) is 95.1 Å². The summed E-state index contributed by atoms with van der Waals surface area (Å²) >= 11 is 0. The van der Waals surface area contributed by atoms with E-state index in [1.54, 1.807) is 31.4 Å². The fourth-order valence-corrected chi connectivity index (χ4v) is 5.01. The maximum absolute atomic E-state index is 13.5. The highest BCUT2D eigenvalue weighted by atomic mass is 16.5. The van der Waals surface area contributed by atoms with Crippen molar-refractivity contribution in [2.24, 2.45) is 5.41 Å². The Labute approximate surface area is 169 Å². The summed E-state index contributed by atoms with van der Waals surface area (Å²) in [6, 6.07) is 26.1. The molecule has 4 nitrogen and oxygen atoms in total. The van der Waals surface area contributed by atoms with Crippen LogP contribution in [0.4, 0.5) is 5.69 Å². The number of amides is 1. The van der Waals surface area contributed by atoms with Gasteiger partial charge in [0.2, 0.25) is 5.91 Å². The summed E-state index contributed by atoms with van der Waals surface area (Å²) in [6.07, 6.45) is 0.490. The van der Waals surface area contributed by atoms with Crippen LogP contribution in [0.1, 0.15) is 40.5 Å². The maximum atomic E-state index is 13.5. The zero-order valence-electron chi connectivity index (χ0n) is 16.1. The molecule has 6 rings (SSSR count). The lowest BCUT2D eigenvalue weighted by Gasteiger charge is -2.48. The number of hydrogen-bond acceptors (Lipinski definition) is 3.